The molecule has 1 aromatic rings. The van der Waals surface area contributed by atoms with E-state index < -0.39 is 12.1 Å². The molecule has 2 heterocycles. The van der Waals surface area contributed by atoms with Gasteiger partial charge in [0.15, 0.2) is 6.10 Å². The maximum atomic E-state index is 12.8. The molecule has 1 aromatic carbocycles. The molecule has 1 N–H and O–H groups in total. The smallest absolute Gasteiger partial charge is 0.334 e. The fraction of sp³-hybridized carbons (Fsp3) is 0.550. The average molecular weight is 390 g/mol. The summed E-state index contributed by atoms with van der Waals surface area (Å²) in [7, 11) is 0. The number of carboxylic acid groups (broad SMARTS) is 1. The van der Waals surface area contributed by atoms with Gasteiger partial charge in [-0.15, -0.1) is 0 Å². The highest BCUT2D eigenvalue weighted by Crippen LogP contribution is 2.21. The number of carbonyl (C=O) groups excluding carboxylic acids is 2. The molecule has 8 nitrogen and oxygen atoms in total. The minimum Gasteiger partial charge on any atom is -0.493 e. The number of piperidine rings is 1. The van der Waals surface area contributed by atoms with E-state index in [1.54, 1.807) is 9.80 Å². The molecule has 28 heavy (non-hydrogen) atoms. The third-order valence-electron chi connectivity index (χ3n) is 5.10. The van der Waals surface area contributed by atoms with Gasteiger partial charge in [0.1, 0.15) is 5.75 Å². The molecule has 0 bridgehead atoms. The van der Waals surface area contributed by atoms with Crippen LogP contribution in [0.1, 0.15) is 19.3 Å². The number of para-hydroxylation sites is 1. The number of nitrogens with zero attached hydrogens (tertiary/aromatic N) is 2. The lowest BCUT2D eigenvalue weighted by atomic mass is 9.96. The number of aliphatic carboxylic acids is 1. The van der Waals surface area contributed by atoms with Gasteiger partial charge in [0, 0.05) is 19.6 Å². The molecule has 2 amide bonds. The fourth-order valence-corrected chi connectivity index (χ4v) is 3.59. The molecule has 2 atom stereocenters. The highest BCUT2D eigenvalue weighted by atomic mass is 16.5. The van der Waals surface area contributed by atoms with E-state index in [0.29, 0.717) is 32.7 Å². The Labute approximate surface area is 164 Å². The second-order valence-corrected chi connectivity index (χ2v) is 7.07. The van der Waals surface area contributed by atoms with Gasteiger partial charge < -0.3 is 24.4 Å². The molecule has 0 aromatic heterocycles. The van der Waals surface area contributed by atoms with Crippen LogP contribution in [0, 0.1) is 5.92 Å². The molecule has 0 spiro atoms. The first-order chi connectivity index (χ1) is 13.5. The molecule has 0 saturated carbocycles. The average Bonchev–Trinajstić information content (AvgIpc) is 2.74. The van der Waals surface area contributed by atoms with Gasteiger partial charge in [0.2, 0.25) is 11.8 Å². The van der Waals surface area contributed by atoms with Crippen molar-refractivity contribution < 1.29 is 29.0 Å². The zero-order valence-electron chi connectivity index (χ0n) is 15.8. The maximum Gasteiger partial charge on any atom is 0.334 e. The van der Waals surface area contributed by atoms with Gasteiger partial charge in [0.05, 0.1) is 32.1 Å². The Kier molecular flexibility index (Phi) is 6.86. The van der Waals surface area contributed by atoms with E-state index in [-0.39, 0.29) is 37.3 Å². The lowest BCUT2D eigenvalue weighted by Crippen LogP contribution is -2.53. The second-order valence-electron chi connectivity index (χ2n) is 7.07. The van der Waals surface area contributed by atoms with Gasteiger partial charge in [-0.3, -0.25) is 9.59 Å². The summed E-state index contributed by atoms with van der Waals surface area (Å²) in [6.45, 7) is 1.96. The van der Waals surface area contributed by atoms with E-state index >= 15 is 0 Å². The zero-order chi connectivity index (χ0) is 19.9. The van der Waals surface area contributed by atoms with Gasteiger partial charge in [0.25, 0.3) is 0 Å². The highest BCUT2D eigenvalue weighted by Gasteiger charge is 2.35. The fourth-order valence-electron chi connectivity index (χ4n) is 3.59. The Morgan fingerprint density at radius 1 is 1.11 bits per heavy atom. The maximum absolute atomic E-state index is 12.8. The summed E-state index contributed by atoms with van der Waals surface area (Å²) >= 11 is 0. The van der Waals surface area contributed by atoms with Crippen LogP contribution in [-0.4, -0.2) is 78.2 Å². The number of benzene rings is 1. The molecule has 2 fully saturated rings. The highest BCUT2D eigenvalue weighted by molar-refractivity contribution is 5.82. The molecule has 3 rings (SSSR count). The third kappa shape index (κ3) is 5.22. The van der Waals surface area contributed by atoms with Crippen LogP contribution < -0.4 is 4.74 Å². The van der Waals surface area contributed by atoms with Crippen molar-refractivity contribution in [2.75, 3.05) is 39.4 Å². The Morgan fingerprint density at radius 3 is 2.64 bits per heavy atom. The van der Waals surface area contributed by atoms with Crippen molar-refractivity contribution in [2.45, 2.75) is 25.4 Å². The number of hydrogen-bond donors (Lipinski definition) is 1. The topological polar surface area (TPSA) is 96.4 Å². The Morgan fingerprint density at radius 2 is 1.89 bits per heavy atom. The standard InChI is InChI=1S/C20H26N2O6/c23-18(8-11-27-16-6-2-1-3-7-16)21-9-4-5-15(13-21)19(24)22-10-12-28-17(14-22)20(25)26/h1-3,6-7,15,17H,4-5,8-14H2,(H,25,26). The summed E-state index contributed by atoms with van der Waals surface area (Å²) < 4.78 is 10.8. The first kappa shape index (κ1) is 20.1. The third-order valence-corrected chi connectivity index (χ3v) is 5.10. The van der Waals surface area contributed by atoms with Crippen molar-refractivity contribution >= 4 is 17.8 Å². The first-order valence-corrected chi connectivity index (χ1v) is 9.63. The number of amides is 2. The van der Waals surface area contributed by atoms with Crippen LogP contribution >= 0.6 is 0 Å². The van der Waals surface area contributed by atoms with Crippen molar-refractivity contribution in [3.8, 4) is 5.75 Å². The summed E-state index contributed by atoms with van der Waals surface area (Å²) in [5, 5.41) is 9.10. The summed E-state index contributed by atoms with van der Waals surface area (Å²) in [5.74, 6) is -0.745. The molecule has 2 aliphatic heterocycles. The van der Waals surface area contributed by atoms with Gasteiger partial charge in [-0.2, -0.15) is 0 Å². The number of morpholine rings is 1. The quantitative estimate of drug-likeness (QED) is 0.779. The van der Waals surface area contributed by atoms with Gasteiger partial charge >= 0.3 is 5.97 Å². The van der Waals surface area contributed by atoms with E-state index in [4.69, 9.17) is 14.6 Å². The molecular formula is C20H26N2O6. The van der Waals surface area contributed by atoms with Crippen LogP contribution in [0.5, 0.6) is 5.75 Å². The Hall–Kier alpha value is -2.61. The molecular weight excluding hydrogens is 364 g/mol. The van der Waals surface area contributed by atoms with Crippen LogP contribution in [0.4, 0.5) is 0 Å². The summed E-state index contributed by atoms with van der Waals surface area (Å²) in [4.78, 5) is 39.7. The van der Waals surface area contributed by atoms with Crippen LogP contribution in [-0.2, 0) is 19.1 Å². The van der Waals surface area contributed by atoms with Crippen molar-refractivity contribution in [2.24, 2.45) is 5.92 Å². The molecule has 2 aliphatic rings. The summed E-state index contributed by atoms with van der Waals surface area (Å²) in [6, 6.07) is 9.33. The predicted octanol–water partition coefficient (Wildman–Crippen LogP) is 1.01. The second kappa shape index (κ2) is 9.54. The van der Waals surface area contributed by atoms with Crippen molar-refractivity contribution in [3.63, 3.8) is 0 Å². The number of carbonyl (C=O) groups is 3. The van der Waals surface area contributed by atoms with Crippen LogP contribution in [0.25, 0.3) is 0 Å². The Bertz CT molecular complexity index is 695. The minimum atomic E-state index is -1.06. The van der Waals surface area contributed by atoms with Crippen molar-refractivity contribution in [1.82, 2.24) is 9.80 Å². The number of hydrogen-bond acceptors (Lipinski definition) is 5. The van der Waals surface area contributed by atoms with Gasteiger partial charge in [-0.1, -0.05) is 18.2 Å². The molecule has 2 saturated heterocycles. The Balaban J connectivity index is 1.48. The van der Waals surface area contributed by atoms with E-state index in [1.165, 1.54) is 0 Å². The van der Waals surface area contributed by atoms with Crippen LogP contribution in [0.2, 0.25) is 0 Å². The molecule has 2 unspecified atom stereocenters. The lowest BCUT2D eigenvalue weighted by molar-refractivity contribution is -0.161. The van der Waals surface area contributed by atoms with Crippen molar-refractivity contribution in [3.05, 3.63) is 30.3 Å². The summed E-state index contributed by atoms with van der Waals surface area (Å²) in [5.41, 5.74) is 0. The van der Waals surface area contributed by atoms with E-state index in [0.717, 1.165) is 12.2 Å². The molecule has 0 aliphatic carbocycles. The SMILES string of the molecule is O=C(O)C1CN(C(=O)C2CCCN(C(=O)CCOc3ccccc3)C2)CCO1. The van der Waals surface area contributed by atoms with Gasteiger partial charge in [-0.05, 0) is 25.0 Å². The number of likely N-dealkylation sites (tertiary alicyclic amines) is 1. The number of ether oxygens (including phenoxy) is 2. The number of carboxylic acids is 1. The molecule has 8 heteroatoms. The monoisotopic (exact) mass is 390 g/mol. The summed E-state index contributed by atoms with van der Waals surface area (Å²) in [6.07, 6.45) is 0.746. The largest absolute Gasteiger partial charge is 0.493 e. The van der Waals surface area contributed by atoms with E-state index in [2.05, 4.69) is 0 Å². The zero-order valence-corrected chi connectivity index (χ0v) is 15.8. The predicted molar refractivity (Wildman–Crippen MR) is 99.8 cm³/mol. The van der Waals surface area contributed by atoms with Crippen LogP contribution in [0.3, 0.4) is 0 Å². The molecule has 0 radical (unpaired) electrons. The lowest BCUT2D eigenvalue weighted by Gasteiger charge is -2.37. The van der Waals surface area contributed by atoms with E-state index in [9.17, 15) is 14.4 Å². The molecule has 152 valence electrons. The normalized spacial score (nSPS) is 22.6. The number of rotatable bonds is 6. The van der Waals surface area contributed by atoms with Crippen LogP contribution in [0.15, 0.2) is 30.3 Å². The van der Waals surface area contributed by atoms with Gasteiger partial charge in [-0.25, -0.2) is 4.79 Å². The van der Waals surface area contributed by atoms with E-state index in [1.807, 2.05) is 30.3 Å². The van der Waals surface area contributed by atoms with Crippen molar-refractivity contribution in [1.29, 1.82) is 0 Å². The first-order valence-electron chi connectivity index (χ1n) is 9.63. The minimum absolute atomic E-state index is 0.0289.